The van der Waals surface area contributed by atoms with Gasteiger partial charge in [0.05, 0.1) is 17.2 Å². The quantitative estimate of drug-likeness (QED) is 0.838. The van der Waals surface area contributed by atoms with Crippen molar-refractivity contribution in [3.05, 3.63) is 41.4 Å². The Kier molecular flexibility index (Phi) is 4.48. The predicted molar refractivity (Wildman–Crippen MR) is 70.6 cm³/mol. The minimum atomic E-state index is -0.225. The van der Waals surface area contributed by atoms with Crippen LogP contribution >= 0.6 is 11.6 Å². The zero-order valence-electron chi connectivity index (χ0n) is 10.3. The van der Waals surface area contributed by atoms with Crippen LogP contribution in [-0.2, 0) is 4.74 Å². The average molecular weight is 281 g/mol. The molecule has 2 rings (SSSR count). The molecule has 0 aliphatic carbocycles. The van der Waals surface area contributed by atoms with Crippen molar-refractivity contribution in [1.82, 2.24) is 20.1 Å². The summed E-state index contributed by atoms with van der Waals surface area (Å²) in [6.07, 6.45) is 3.12. The number of nitrogens with zero attached hydrogens (tertiary/aromatic N) is 3. The molecule has 19 heavy (non-hydrogen) atoms. The predicted octanol–water partition coefficient (Wildman–Crippen LogP) is 1.30. The van der Waals surface area contributed by atoms with Gasteiger partial charge < -0.3 is 10.1 Å². The van der Waals surface area contributed by atoms with Gasteiger partial charge in [-0.25, -0.2) is 0 Å². The molecule has 0 unspecified atom stereocenters. The van der Waals surface area contributed by atoms with Crippen LogP contribution in [0.25, 0.3) is 5.69 Å². The summed E-state index contributed by atoms with van der Waals surface area (Å²) in [6.45, 7) is 0.904. The molecule has 7 heteroatoms. The summed E-state index contributed by atoms with van der Waals surface area (Å²) >= 11 is 6.11. The highest BCUT2D eigenvalue weighted by Gasteiger charge is 2.10. The van der Waals surface area contributed by atoms with Gasteiger partial charge in [0, 0.05) is 19.3 Å². The smallest absolute Gasteiger partial charge is 0.252 e. The van der Waals surface area contributed by atoms with Crippen molar-refractivity contribution in [2.45, 2.75) is 0 Å². The molecule has 0 radical (unpaired) electrons. The van der Waals surface area contributed by atoms with Crippen LogP contribution in [0.1, 0.15) is 10.4 Å². The van der Waals surface area contributed by atoms with Crippen LogP contribution in [0.4, 0.5) is 0 Å². The van der Waals surface area contributed by atoms with E-state index < -0.39 is 0 Å². The van der Waals surface area contributed by atoms with Gasteiger partial charge in [0.1, 0.15) is 12.7 Å². The Balaban J connectivity index is 2.13. The zero-order valence-corrected chi connectivity index (χ0v) is 11.1. The molecule has 1 amide bonds. The van der Waals surface area contributed by atoms with Crippen molar-refractivity contribution in [3.8, 4) is 5.69 Å². The lowest BCUT2D eigenvalue weighted by molar-refractivity contribution is 0.0937. The van der Waals surface area contributed by atoms with Crippen molar-refractivity contribution in [2.24, 2.45) is 0 Å². The van der Waals surface area contributed by atoms with E-state index in [9.17, 15) is 4.79 Å². The molecule has 0 spiro atoms. The first-order chi connectivity index (χ1) is 9.22. The third-order valence-corrected chi connectivity index (χ3v) is 2.82. The van der Waals surface area contributed by atoms with Crippen LogP contribution in [0.15, 0.2) is 30.9 Å². The highest BCUT2D eigenvalue weighted by atomic mass is 35.5. The number of hydrogen-bond acceptors (Lipinski definition) is 4. The topological polar surface area (TPSA) is 69.0 Å². The Bertz CT molecular complexity index is 557. The van der Waals surface area contributed by atoms with E-state index in [1.54, 1.807) is 42.5 Å². The molecule has 0 aliphatic rings. The highest BCUT2D eigenvalue weighted by molar-refractivity contribution is 6.34. The molecule has 1 aromatic carbocycles. The number of hydrogen-bond donors (Lipinski definition) is 1. The maximum atomic E-state index is 11.9. The number of benzene rings is 1. The van der Waals surface area contributed by atoms with Gasteiger partial charge in [-0.3, -0.25) is 9.36 Å². The molecular weight excluding hydrogens is 268 g/mol. The van der Waals surface area contributed by atoms with Crippen molar-refractivity contribution in [3.63, 3.8) is 0 Å². The van der Waals surface area contributed by atoms with Gasteiger partial charge in [0.15, 0.2) is 0 Å². The summed E-state index contributed by atoms with van der Waals surface area (Å²) in [5.74, 6) is -0.225. The molecular formula is C12H13ClN4O2. The number of methoxy groups -OCH3 is 1. The SMILES string of the molecule is COCCNC(=O)c1ccc(-n2cnnc2)cc1Cl. The van der Waals surface area contributed by atoms with Crippen molar-refractivity contribution < 1.29 is 9.53 Å². The minimum Gasteiger partial charge on any atom is -0.383 e. The van der Waals surface area contributed by atoms with E-state index in [0.29, 0.717) is 23.7 Å². The Morgan fingerprint density at radius 2 is 2.16 bits per heavy atom. The standard InChI is InChI=1S/C12H13ClN4O2/c1-19-5-4-14-12(18)10-3-2-9(6-11(10)13)17-7-15-16-8-17/h2-3,6-8H,4-5H2,1H3,(H,14,18). The van der Waals surface area contributed by atoms with E-state index in [1.807, 2.05) is 0 Å². The summed E-state index contributed by atoms with van der Waals surface area (Å²) < 4.78 is 6.57. The van der Waals surface area contributed by atoms with Crippen LogP contribution in [0.2, 0.25) is 5.02 Å². The lowest BCUT2D eigenvalue weighted by atomic mass is 10.2. The molecule has 1 aromatic heterocycles. The largest absolute Gasteiger partial charge is 0.383 e. The minimum absolute atomic E-state index is 0.225. The second kappa shape index (κ2) is 6.31. The van der Waals surface area contributed by atoms with Crippen LogP contribution in [-0.4, -0.2) is 40.9 Å². The Morgan fingerprint density at radius 3 is 2.79 bits per heavy atom. The lowest BCUT2D eigenvalue weighted by Gasteiger charge is -2.08. The first-order valence-electron chi connectivity index (χ1n) is 5.64. The molecule has 1 heterocycles. The summed E-state index contributed by atoms with van der Waals surface area (Å²) in [4.78, 5) is 11.9. The van der Waals surface area contributed by atoms with Gasteiger partial charge in [0.2, 0.25) is 0 Å². The Hall–Kier alpha value is -1.92. The van der Waals surface area contributed by atoms with Crippen LogP contribution in [0.5, 0.6) is 0 Å². The molecule has 0 bridgehead atoms. The molecule has 0 fully saturated rings. The summed E-state index contributed by atoms with van der Waals surface area (Å²) in [6, 6.07) is 5.14. The van der Waals surface area contributed by atoms with E-state index in [-0.39, 0.29) is 5.91 Å². The first kappa shape index (κ1) is 13.5. The van der Waals surface area contributed by atoms with Crippen molar-refractivity contribution in [1.29, 1.82) is 0 Å². The molecule has 6 nitrogen and oxygen atoms in total. The van der Waals surface area contributed by atoms with Gasteiger partial charge in [-0.15, -0.1) is 10.2 Å². The zero-order chi connectivity index (χ0) is 13.7. The fourth-order valence-electron chi connectivity index (χ4n) is 1.54. The number of aromatic nitrogens is 3. The van der Waals surface area contributed by atoms with E-state index in [4.69, 9.17) is 16.3 Å². The second-order valence-electron chi connectivity index (χ2n) is 3.78. The number of amides is 1. The molecule has 2 aromatic rings. The van der Waals surface area contributed by atoms with Gasteiger partial charge in [-0.1, -0.05) is 11.6 Å². The maximum absolute atomic E-state index is 11.9. The molecule has 0 saturated carbocycles. The molecule has 0 saturated heterocycles. The maximum Gasteiger partial charge on any atom is 0.252 e. The van der Waals surface area contributed by atoms with E-state index in [1.165, 1.54) is 0 Å². The number of halogens is 1. The number of carbonyl (C=O) groups is 1. The molecule has 100 valence electrons. The lowest BCUT2D eigenvalue weighted by Crippen LogP contribution is -2.27. The number of nitrogens with one attached hydrogen (secondary N) is 1. The monoisotopic (exact) mass is 280 g/mol. The van der Waals surface area contributed by atoms with Crippen molar-refractivity contribution >= 4 is 17.5 Å². The highest BCUT2D eigenvalue weighted by Crippen LogP contribution is 2.20. The summed E-state index contributed by atoms with van der Waals surface area (Å²) in [5, 5.41) is 10.5. The average Bonchev–Trinajstić information content (AvgIpc) is 2.92. The van der Waals surface area contributed by atoms with Gasteiger partial charge >= 0.3 is 0 Å². The summed E-state index contributed by atoms with van der Waals surface area (Å²) in [7, 11) is 1.58. The van der Waals surface area contributed by atoms with E-state index in [0.717, 1.165) is 5.69 Å². The third kappa shape index (κ3) is 3.30. The van der Waals surface area contributed by atoms with Gasteiger partial charge in [-0.2, -0.15) is 0 Å². The van der Waals surface area contributed by atoms with Crippen LogP contribution in [0, 0.1) is 0 Å². The second-order valence-corrected chi connectivity index (χ2v) is 4.19. The molecule has 1 N–H and O–H groups in total. The molecule has 0 atom stereocenters. The van der Waals surface area contributed by atoms with Crippen LogP contribution in [0.3, 0.4) is 0 Å². The fourth-order valence-corrected chi connectivity index (χ4v) is 1.81. The van der Waals surface area contributed by atoms with Gasteiger partial charge in [-0.05, 0) is 18.2 Å². The Morgan fingerprint density at radius 1 is 1.42 bits per heavy atom. The Labute approximate surface area is 115 Å². The number of rotatable bonds is 5. The van der Waals surface area contributed by atoms with Gasteiger partial charge in [0.25, 0.3) is 5.91 Å². The van der Waals surface area contributed by atoms with E-state index in [2.05, 4.69) is 15.5 Å². The van der Waals surface area contributed by atoms with Crippen LogP contribution < -0.4 is 5.32 Å². The third-order valence-electron chi connectivity index (χ3n) is 2.51. The molecule has 0 aliphatic heterocycles. The summed E-state index contributed by atoms with van der Waals surface area (Å²) in [5.41, 5.74) is 1.22. The number of ether oxygens (including phenoxy) is 1. The fraction of sp³-hybridized carbons (Fsp3) is 0.250. The van der Waals surface area contributed by atoms with E-state index >= 15 is 0 Å². The number of carbonyl (C=O) groups excluding carboxylic acids is 1. The van der Waals surface area contributed by atoms with Crippen molar-refractivity contribution in [2.75, 3.05) is 20.3 Å². The normalized spacial score (nSPS) is 10.4. The first-order valence-corrected chi connectivity index (χ1v) is 6.02.